The van der Waals surface area contributed by atoms with Crippen molar-refractivity contribution in [2.24, 2.45) is 5.73 Å². The Labute approximate surface area is 111 Å². The molecule has 1 fully saturated rings. The van der Waals surface area contributed by atoms with E-state index in [0.717, 1.165) is 0 Å². The van der Waals surface area contributed by atoms with Crippen LogP contribution < -0.4 is 5.73 Å². The second kappa shape index (κ2) is 5.65. The van der Waals surface area contributed by atoms with E-state index in [1.807, 2.05) is 6.92 Å². The molecule has 1 amide bonds. The Morgan fingerprint density at radius 2 is 2.44 bits per heavy atom. The van der Waals surface area contributed by atoms with Gasteiger partial charge in [-0.2, -0.15) is 0 Å². The van der Waals surface area contributed by atoms with Gasteiger partial charge in [-0.25, -0.2) is 4.98 Å². The average Bonchev–Trinajstić information content (AvgIpc) is 2.39. The fraction of sp³-hybridized carbons (Fsp3) is 0.500. The number of aromatic nitrogens is 1. The molecule has 1 aliphatic heterocycles. The van der Waals surface area contributed by atoms with Crippen molar-refractivity contribution in [3.63, 3.8) is 0 Å². The molecular formula is C12H16ClN3O2. The Morgan fingerprint density at radius 3 is 3.06 bits per heavy atom. The molecular weight excluding hydrogens is 254 g/mol. The topological polar surface area (TPSA) is 68.5 Å². The summed E-state index contributed by atoms with van der Waals surface area (Å²) in [6, 6.07) is 3.19. The molecule has 1 saturated heterocycles. The molecule has 2 heterocycles. The van der Waals surface area contributed by atoms with Crippen molar-refractivity contribution in [1.29, 1.82) is 0 Å². The highest BCUT2D eigenvalue weighted by atomic mass is 35.5. The van der Waals surface area contributed by atoms with Gasteiger partial charge in [-0.05, 0) is 19.1 Å². The van der Waals surface area contributed by atoms with E-state index in [9.17, 15) is 4.79 Å². The number of ether oxygens (including phenoxy) is 1. The van der Waals surface area contributed by atoms with Crippen LogP contribution in [-0.2, 0) is 4.74 Å². The molecule has 1 aromatic heterocycles. The summed E-state index contributed by atoms with van der Waals surface area (Å²) in [6.07, 6.45) is 1.35. The summed E-state index contributed by atoms with van der Waals surface area (Å²) >= 11 is 5.74. The summed E-state index contributed by atoms with van der Waals surface area (Å²) < 4.78 is 5.51. The number of morpholine rings is 1. The molecule has 6 heteroatoms. The predicted molar refractivity (Wildman–Crippen MR) is 68.5 cm³/mol. The summed E-state index contributed by atoms with van der Waals surface area (Å²) in [5.41, 5.74) is 6.19. The third kappa shape index (κ3) is 2.98. The molecule has 1 aliphatic rings. The fourth-order valence-corrected chi connectivity index (χ4v) is 1.95. The van der Waals surface area contributed by atoms with Crippen LogP contribution in [0.5, 0.6) is 0 Å². The number of carbonyl (C=O) groups is 1. The van der Waals surface area contributed by atoms with Crippen molar-refractivity contribution < 1.29 is 9.53 Å². The molecule has 0 saturated carbocycles. The summed E-state index contributed by atoms with van der Waals surface area (Å²) in [5, 5.41) is 0.516. The zero-order valence-corrected chi connectivity index (χ0v) is 10.9. The quantitative estimate of drug-likeness (QED) is 0.867. The van der Waals surface area contributed by atoms with Crippen LogP contribution in [0.2, 0.25) is 5.02 Å². The molecule has 1 aromatic rings. The van der Waals surface area contributed by atoms with Gasteiger partial charge >= 0.3 is 0 Å². The van der Waals surface area contributed by atoms with E-state index >= 15 is 0 Å². The van der Waals surface area contributed by atoms with Gasteiger partial charge in [-0.1, -0.05) is 11.6 Å². The van der Waals surface area contributed by atoms with Crippen LogP contribution in [-0.4, -0.2) is 47.6 Å². The first kappa shape index (κ1) is 13.3. The number of hydrogen-bond acceptors (Lipinski definition) is 4. The molecule has 0 radical (unpaired) electrons. The maximum absolute atomic E-state index is 12.2. The van der Waals surface area contributed by atoms with Crippen LogP contribution in [0.4, 0.5) is 0 Å². The van der Waals surface area contributed by atoms with Crippen LogP contribution in [0, 0.1) is 0 Å². The SMILES string of the molecule is CC(N)C1CN(C(=O)c2ccc(Cl)cn2)CCO1. The number of hydrogen-bond donors (Lipinski definition) is 1. The van der Waals surface area contributed by atoms with Crippen molar-refractivity contribution in [3.8, 4) is 0 Å². The van der Waals surface area contributed by atoms with Gasteiger partial charge in [0.15, 0.2) is 0 Å². The van der Waals surface area contributed by atoms with E-state index in [1.54, 1.807) is 17.0 Å². The number of amides is 1. The van der Waals surface area contributed by atoms with E-state index < -0.39 is 0 Å². The molecule has 2 rings (SSSR count). The van der Waals surface area contributed by atoms with E-state index in [-0.39, 0.29) is 18.1 Å². The molecule has 2 atom stereocenters. The molecule has 2 unspecified atom stereocenters. The highest BCUT2D eigenvalue weighted by Gasteiger charge is 2.27. The monoisotopic (exact) mass is 269 g/mol. The normalized spacial score (nSPS) is 21.7. The average molecular weight is 270 g/mol. The number of pyridine rings is 1. The van der Waals surface area contributed by atoms with Gasteiger partial charge in [0.25, 0.3) is 5.91 Å². The molecule has 18 heavy (non-hydrogen) atoms. The second-order valence-corrected chi connectivity index (χ2v) is 4.82. The number of nitrogens with two attached hydrogens (primary N) is 1. The van der Waals surface area contributed by atoms with Gasteiger partial charge in [0, 0.05) is 25.3 Å². The first-order chi connectivity index (χ1) is 8.58. The highest BCUT2D eigenvalue weighted by Crippen LogP contribution is 2.12. The lowest BCUT2D eigenvalue weighted by atomic mass is 10.1. The van der Waals surface area contributed by atoms with Crippen LogP contribution in [0.25, 0.3) is 0 Å². The zero-order chi connectivity index (χ0) is 13.1. The standard InChI is InChI=1S/C12H16ClN3O2/c1-8(14)11-7-16(4-5-18-11)12(17)10-3-2-9(13)6-15-10/h2-3,6,8,11H,4-5,7,14H2,1H3. The minimum absolute atomic E-state index is 0.0984. The van der Waals surface area contributed by atoms with Crippen LogP contribution in [0.15, 0.2) is 18.3 Å². The smallest absolute Gasteiger partial charge is 0.272 e. The Kier molecular flexibility index (Phi) is 4.16. The van der Waals surface area contributed by atoms with E-state index in [2.05, 4.69) is 4.98 Å². The molecule has 0 bridgehead atoms. The maximum atomic E-state index is 12.2. The molecule has 0 aliphatic carbocycles. The predicted octanol–water partition coefficient (Wildman–Crippen LogP) is 0.923. The van der Waals surface area contributed by atoms with E-state index in [0.29, 0.717) is 30.4 Å². The second-order valence-electron chi connectivity index (χ2n) is 4.38. The van der Waals surface area contributed by atoms with Gasteiger partial charge in [-0.15, -0.1) is 0 Å². The third-order valence-electron chi connectivity index (χ3n) is 2.91. The number of nitrogens with zero attached hydrogens (tertiary/aromatic N) is 2. The zero-order valence-electron chi connectivity index (χ0n) is 10.2. The maximum Gasteiger partial charge on any atom is 0.272 e. The van der Waals surface area contributed by atoms with Crippen molar-refractivity contribution >= 4 is 17.5 Å². The van der Waals surface area contributed by atoms with Crippen molar-refractivity contribution in [3.05, 3.63) is 29.0 Å². The highest BCUT2D eigenvalue weighted by molar-refractivity contribution is 6.30. The fourth-order valence-electron chi connectivity index (χ4n) is 1.84. The molecule has 0 spiro atoms. The summed E-state index contributed by atoms with van der Waals surface area (Å²) in [5.74, 6) is -0.111. The van der Waals surface area contributed by atoms with Crippen LogP contribution in [0.1, 0.15) is 17.4 Å². The van der Waals surface area contributed by atoms with Crippen molar-refractivity contribution in [2.45, 2.75) is 19.1 Å². The summed E-state index contributed by atoms with van der Waals surface area (Å²) in [4.78, 5) is 17.9. The van der Waals surface area contributed by atoms with Crippen LogP contribution in [0.3, 0.4) is 0 Å². The van der Waals surface area contributed by atoms with E-state index in [1.165, 1.54) is 6.20 Å². The third-order valence-corrected chi connectivity index (χ3v) is 3.14. The Hall–Kier alpha value is -1.17. The number of halogens is 1. The summed E-state index contributed by atoms with van der Waals surface area (Å²) in [6.45, 7) is 3.44. The lowest BCUT2D eigenvalue weighted by Gasteiger charge is -2.34. The lowest BCUT2D eigenvalue weighted by Crippen LogP contribution is -2.51. The Morgan fingerprint density at radius 1 is 1.67 bits per heavy atom. The summed E-state index contributed by atoms with van der Waals surface area (Å²) in [7, 11) is 0. The molecule has 98 valence electrons. The van der Waals surface area contributed by atoms with Gasteiger partial charge in [0.1, 0.15) is 5.69 Å². The number of carbonyl (C=O) groups excluding carboxylic acids is 1. The largest absolute Gasteiger partial charge is 0.373 e. The first-order valence-electron chi connectivity index (χ1n) is 5.86. The minimum atomic E-state index is -0.116. The van der Waals surface area contributed by atoms with Gasteiger partial charge in [0.2, 0.25) is 0 Å². The minimum Gasteiger partial charge on any atom is -0.373 e. The van der Waals surface area contributed by atoms with Crippen molar-refractivity contribution in [1.82, 2.24) is 9.88 Å². The van der Waals surface area contributed by atoms with Crippen molar-refractivity contribution in [2.75, 3.05) is 19.7 Å². The van der Waals surface area contributed by atoms with Gasteiger partial charge in [-0.3, -0.25) is 4.79 Å². The first-order valence-corrected chi connectivity index (χ1v) is 6.23. The van der Waals surface area contributed by atoms with Crippen LogP contribution >= 0.6 is 11.6 Å². The lowest BCUT2D eigenvalue weighted by molar-refractivity contribution is -0.0301. The number of rotatable bonds is 2. The molecule has 2 N–H and O–H groups in total. The van der Waals surface area contributed by atoms with Gasteiger partial charge in [0.05, 0.1) is 17.7 Å². The van der Waals surface area contributed by atoms with E-state index in [4.69, 9.17) is 22.1 Å². The molecule has 5 nitrogen and oxygen atoms in total. The van der Waals surface area contributed by atoms with Gasteiger partial charge < -0.3 is 15.4 Å². The molecule has 0 aromatic carbocycles. The Bertz CT molecular complexity index is 422. The Balaban J connectivity index is 2.06.